The predicted octanol–water partition coefficient (Wildman–Crippen LogP) is 5.83. The van der Waals surface area contributed by atoms with Gasteiger partial charge in [-0.2, -0.15) is 0 Å². The number of benzene rings is 3. The molecule has 4 aromatic rings. The fourth-order valence-corrected chi connectivity index (χ4v) is 3.72. The summed E-state index contributed by atoms with van der Waals surface area (Å²) in [5.74, 6) is -0.231. The monoisotopic (exact) mass is 412 g/mol. The number of hydrogen-bond donors (Lipinski definition) is 0. The number of aryl methyl sites for hydroxylation is 1. The van der Waals surface area contributed by atoms with Crippen molar-refractivity contribution >= 4 is 5.91 Å². The summed E-state index contributed by atoms with van der Waals surface area (Å²) < 4.78 is 15.4. The van der Waals surface area contributed by atoms with Crippen LogP contribution in [0.4, 0.5) is 4.39 Å². The highest BCUT2D eigenvalue weighted by Crippen LogP contribution is 2.18. The van der Waals surface area contributed by atoms with Gasteiger partial charge >= 0.3 is 0 Å². The van der Waals surface area contributed by atoms with Gasteiger partial charge in [-0.05, 0) is 53.9 Å². The lowest BCUT2D eigenvalue weighted by molar-refractivity contribution is 0.0725. The van der Waals surface area contributed by atoms with Crippen LogP contribution in [0.15, 0.2) is 97.2 Å². The Hall–Kier alpha value is -3.66. The first-order valence-corrected chi connectivity index (χ1v) is 10.4. The van der Waals surface area contributed by atoms with Crippen LogP contribution in [0, 0.1) is 12.7 Å². The Bertz CT molecular complexity index is 1150. The SMILES string of the molecule is Cc1ccccc1C(=O)N(Cc1ccccc1)Cc1cccn1Cc1ccc(F)cc1. The zero-order valence-electron chi connectivity index (χ0n) is 17.5. The largest absolute Gasteiger partial charge is 0.345 e. The van der Waals surface area contributed by atoms with Gasteiger partial charge in [0.15, 0.2) is 0 Å². The van der Waals surface area contributed by atoms with Crippen molar-refractivity contribution in [2.75, 3.05) is 0 Å². The molecule has 3 aromatic carbocycles. The molecule has 0 atom stereocenters. The van der Waals surface area contributed by atoms with Crippen LogP contribution in [0.3, 0.4) is 0 Å². The molecule has 0 fully saturated rings. The standard InChI is InChI=1S/C27H25FN2O/c1-21-8-5-6-12-26(21)27(31)30(19-22-9-3-2-4-10-22)20-25-11-7-17-29(25)18-23-13-15-24(28)16-14-23/h2-17H,18-20H2,1H3. The van der Waals surface area contributed by atoms with Crippen molar-refractivity contribution in [2.24, 2.45) is 0 Å². The Morgan fingerprint density at radius 3 is 2.26 bits per heavy atom. The molecule has 4 heteroatoms. The third kappa shape index (κ3) is 5.10. The molecule has 0 unspecified atom stereocenters. The van der Waals surface area contributed by atoms with Crippen molar-refractivity contribution in [2.45, 2.75) is 26.6 Å². The van der Waals surface area contributed by atoms with Crippen LogP contribution < -0.4 is 0 Å². The van der Waals surface area contributed by atoms with Crippen LogP contribution in [0.5, 0.6) is 0 Å². The molecule has 4 rings (SSSR count). The Morgan fingerprint density at radius 1 is 0.806 bits per heavy atom. The summed E-state index contributed by atoms with van der Waals surface area (Å²) in [6.45, 7) is 3.59. The quantitative estimate of drug-likeness (QED) is 0.375. The van der Waals surface area contributed by atoms with E-state index < -0.39 is 0 Å². The Balaban J connectivity index is 1.61. The fourth-order valence-electron chi connectivity index (χ4n) is 3.72. The Kier molecular flexibility index (Phi) is 6.27. The van der Waals surface area contributed by atoms with Crippen LogP contribution in [0.2, 0.25) is 0 Å². The maximum absolute atomic E-state index is 13.5. The summed E-state index contributed by atoms with van der Waals surface area (Å²) in [5.41, 5.74) is 4.81. The van der Waals surface area contributed by atoms with Crippen molar-refractivity contribution in [1.82, 2.24) is 9.47 Å². The number of hydrogen-bond acceptors (Lipinski definition) is 1. The van der Waals surface area contributed by atoms with Gasteiger partial charge in [0.25, 0.3) is 5.91 Å². The summed E-state index contributed by atoms with van der Waals surface area (Å²) in [6.07, 6.45) is 2.00. The topological polar surface area (TPSA) is 25.2 Å². The molecule has 1 amide bonds. The average molecular weight is 413 g/mol. The normalized spacial score (nSPS) is 10.8. The fraction of sp³-hybridized carbons (Fsp3) is 0.148. The van der Waals surface area contributed by atoms with Crippen molar-refractivity contribution in [3.63, 3.8) is 0 Å². The first-order chi connectivity index (χ1) is 15.1. The lowest BCUT2D eigenvalue weighted by atomic mass is 10.1. The second-order valence-corrected chi connectivity index (χ2v) is 7.72. The molecule has 0 saturated carbocycles. The van der Waals surface area contributed by atoms with Gasteiger partial charge in [0.2, 0.25) is 0 Å². The van der Waals surface area contributed by atoms with Gasteiger partial charge in [-0.15, -0.1) is 0 Å². The molecule has 0 bridgehead atoms. The van der Waals surface area contributed by atoms with Crippen molar-refractivity contribution in [1.29, 1.82) is 0 Å². The minimum atomic E-state index is -0.241. The van der Waals surface area contributed by atoms with Crippen LogP contribution in [-0.4, -0.2) is 15.4 Å². The minimum Gasteiger partial charge on any atom is -0.345 e. The third-order valence-corrected chi connectivity index (χ3v) is 5.42. The number of nitrogens with zero attached hydrogens (tertiary/aromatic N) is 2. The van der Waals surface area contributed by atoms with Crippen molar-refractivity contribution < 1.29 is 9.18 Å². The molecule has 3 nitrogen and oxygen atoms in total. The maximum Gasteiger partial charge on any atom is 0.254 e. The Labute approximate surface area is 182 Å². The maximum atomic E-state index is 13.5. The number of rotatable bonds is 7. The zero-order valence-corrected chi connectivity index (χ0v) is 17.5. The van der Waals surface area contributed by atoms with Crippen LogP contribution in [0.1, 0.15) is 32.7 Å². The van der Waals surface area contributed by atoms with Gasteiger partial charge in [0.1, 0.15) is 5.82 Å². The molecule has 0 aliphatic rings. The smallest absolute Gasteiger partial charge is 0.254 e. The van der Waals surface area contributed by atoms with E-state index in [9.17, 15) is 9.18 Å². The van der Waals surface area contributed by atoms with E-state index in [1.54, 1.807) is 12.1 Å². The van der Waals surface area contributed by atoms with Crippen molar-refractivity contribution in [3.05, 3.63) is 131 Å². The zero-order chi connectivity index (χ0) is 21.6. The Morgan fingerprint density at radius 2 is 1.52 bits per heavy atom. The molecule has 31 heavy (non-hydrogen) atoms. The van der Waals surface area contributed by atoms with E-state index >= 15 is 0 Å². The predicted molar refractivity (Wildman–Crippen MR) is 121 cm³/mol. The first-order valence-electron chi connectivity index (χ1n) is 10.4. The van der Waals surface area contributed by atoms with Gasteiger partial charge in [-0.25, -0.2) is 4.39 Å². The number of aromatic nitrogens is 1. The highest BCUT2D eigenvalue weighted by atomic mass is 19.1. The summed E-state index contributed by atoms with van der Waals surface area (Å²) >= 11 is 0. The molecule has 0 saturated heterocycles. The summed E-state index contributed by atoms with van der Waals surface area (Å²) in [7, 11) is 0. The van der Waals surface area contributed by atoms with E-state index in [1.165, 1.54) is 12.1 Å². The highest BCUT2D eigenvalue weighted by molar-refractivity contribution is 5.95. The second kappa shape index (κ2) is 9.43. The lowest BCUT2D eigenvalue weighted by Gasteiger charge is -2.25. The number of amides is 1. The van der Waals surface area contributed by atoms with Gasteiger partial charge < -0.3 is 9.47 Å². The van der Waals surface area contributed by atoms with Crippen LogP contribution in [0.25, 0.3) is 0 Å². The van der Waals surface area contributed by atoms with E-state index in [2.05, 4.69) is 4.57 Å². The van der Waals surface area contributed by atoms with Crippen molar-refractivity contribution in [3.8, 4) is 0 Å². The minimum absolute atomic E-state index is 0.0106. The van der Waals surface area contributed by atoms with E-state index in [1.807, 2.05) is 84.8 Å². The molecule has 0 N–H and O–H groups in total. The van der Waals surface area contributed by atoms with Gasteiger partial charge in [-0.3, -0.25) is 4.79 Å². The third-order valence-electron chi connectivity index (χ3n) is 5.42. The molecule has 1 aromatic heterocycles. The molecular formula is C27H25FN2O. The molecule has 1 heterocycles. The van der Waals surface area contributed by atoms with Gasteiger partial charge in [0.05, 0.1) is 6.54 Å². The highest BCUT2D eigenvalue weighted by Gasteiger charge is 2.19. The van der Waals surface area contributed by atoms with Gasteiger partial charge in [0, 0.05) is 30.5 Å². The van der Waals surface area contributed by atoms with E-state index in [0.29, 0.717) is 19.6 Å². The van der Waals surface area contributed by atoms with E-state index in [0.717, 1.165) is 27.9 Å². The second-order valence-electron chi connectivity index (χ2n) is 7.72. The van der Waals surface area contributed by atoms with E-state index in [-0.39, 0.29) is 11.7 Å². The number of carbonyl (C=O) groups excluding carboxylic acids is 1. The average Bonchev–Trinajstić information content (AvgIpc) is 3.22. The summed E-state index contributed by atoms with van der Waals surface area (Å²) in [6, 6.07) is 28.3. The summed E-state index contributed by atoms with van der Waals surface area (Å²) in [5, 5.41) is 0. The number of halogens is 1. The molecular weight excluding hydrogens is 387 g/mol. The summed E-state index contributed by atoms with van der Waals surface area (Å²) in [4.78, 5) is 15.4. The molecule has 0 radical (unpaired) electrons. The lowest BCUT2D eigenvalue weighted by Crippen LogP contribution is -2.31. The molecule has 0 aliphatic heterocycles. The number of carbonyl (C=O) groups is 1. The first kappa shape index (κ1) is 20.6. The molecule has 0 aliphatic carbocycles. The molecule has 156 valence electrons. The van der Waals surface area contributed by atoms with E-state index in [4.69, 9.17) is 0 Å². The van der Waals surface area contributed by atoms with Gasteiger partial charge in [-0.1, -0.05) is 60.7 Å². The van der Waals surface area contributed by atoms with Crippen LogP contribution >= 0.6 is 0 Å². The molecule has 0 spiro atoms. The van der Waals surface area contributed by atoms with Crippen LogP contribution in [-0.2, 0) is 19.6 Å².